The Labute approximate surface area is 87.2 Å². The second-order valence-corrected chi connectivity index (χ2v) is 2.46. The van der Waals surface area contributed by atoms with Crippen LogP contribution >= 0.6 is 0 Å². The molecule has 0 bridgehead atoms. The maximum absolute atomic E-state index is 10.4. The van der Waals surface area contributed by atoms with Gasteiger partial charge in [-0.1, -0.05) is 0 Å². The van der Waals surface area contributed by atoms with E-state index in [9.17, 15) is 10.1 Å². The number of imidazole rings is 1. The van der Waals surface area contributed by atoms with Crippen molar-refractivity contribution >= 4 is 5.82 Å². The van der Waals surface area contributed by atoms with Gasteiger partial charge in [-0.05, 0) is 4.92 Å². The van der Waals surface area contributed by atoms with E-state index in [4.69, 9.17) is 0 Å². The Balaban J connectivity index is 0.00000121. The predicted molar refractivity (Wildman–Crippen MR) is 38.0 cm³/mol. The summed E-state index contributed by atoms with van der Waals surface area (Å²) >= 11 is 0. The third-order valence-corrected chi connectivity index (χ3v) is 1.84. The maximum Gasteiger partial charge on any atom is 0.365 e. The normalized spacial score (nSPS) is 9.25. The zero-order valence-corrected chi connectivity index (χ0v) is 9.27. The van der Waals surface area contributed by atoms with Crippen LogP contribution in [0.4, 0.5) is 5.82 Å². The molecule has 0 fully saturated rings. The van der Waals surface area contributed by atoms with Crippen molar-refractivity contribution in [3.05, 3.63) is 22.1 Å². The van der Waals surface area contributed by atoms with Crippen LogP contribution in [0.2, 0.25) is 0 Å². The molecule has 0 amide bonds. The first-order valence-corrected chi connectivity index (χ1v) is 3.20. The van der Waals surface area contributed by atoms with Gasteiger partial charge in [-0.15, -0.1) is 0 Å². The van der Waals surface area contributed by atoms with Crippen molar-refractivity contribution in [1.29, 1.82) is 0 Å². The van der Waals surface area contributed by atoms with Gasteiger partial charge in [0.1, 0.15) is 0 Å². The molecule has 1 rings (SSSR count). The van der Waals surface area contributed by atoms with Crippen LogP contribution in [0.1, 0.15) is 5.82 Å². The van der Waals surface area contributed by atoms with E-state index in [0.717, 1.165) is 5.82 Å². The molecule has 6 heteroatoms. The largest absolute Gasteiger partial charge is 1.00 e. The quantitative estimate of drug-likeness (QED) is 0.240. The lowest BCUT2D eigenvalue weighted by atomic mass is 10.7. The summed E-state index contributed by atoms with van der Waals surface area (Å²) in [5, 5.41) is 10.4. The molecule has 0 aliphatic rings. The van der Waals surface area contributed by atoms with Gasteiger partial charge < -0.3 is 34.1 Å². The van der Waals surface area contributed by atoms with Gasteiger partial charge in [-0.3, -0.25) is 0 Å². The van der Waals surface area contributed by atoms with Crippen LogP contribution < -0.4 is 28.5 Å². The van der Waals surface area contributed by atoms with Gasteiger partial charge in [0.15, 0.2) is 6.20 Å². The summed E-state index contributed by atoms with van der Waals surface area (Å²) in [4.78, 5) is 9.96. The molecule has 0 unspecified atom stereocenters. The Morgan fingerprint density at radius 1 is 1.67 bits per heavy atom. The Hall–Kier alpha value is -0.660. The third kappa shape index (κ3) is 1.74. The van der Waals surface area contributed by atoms with Gasteiger partial charge in [0.2, 0.25) is 0 Å². The molecule has 0 aliphatic carbocycles. The number of hydrogen-bond acceptors (Lipinski definition) is 2. The third-order valence-electron chi connectivity index (χ3n) is 1.84. The van der Waals surface area contributed by atoms with Crippen LogP contribution in [0, 0.1) is 17.0 Å². The molecule has 0 saturated heterocycles. The van der Waals surface area contributed by atoms with Crippen molar-refractivity contribution in [1.82, 2.24) is 4.57 Å². The maximum atomic E-state index is 10.4. The van der Waals surface area contributed by atoms with Crippen LogP contribution in [-0.2, 0) is 14.1 Å². The molecule has 0 N–H and O–H groups in total. The summed E-state index contributed by atoms with van der Waals surface area (Å²) < 4.78 is 3.26. The Morgan fingerprint density at radius 3 is 2.33 bits per heavy atom. The molecule has 0 radical (unpaired) electrons. The number of nitrogens with zero attached hydrogens (tertiary/aromatic N) is 3. The van der Waals surface area contributed by atoms with Crippen molar-refractivity contribution in [2.75, 3.05) is 0 Å². The molecule has 1 aromatic rings. The summed E-state index contributed by atoms with van der Waals surface area (Å²) in [7, 11) is 3.45. The van der Waals surface area contributed by atoms with Gasteiger partial charge in [-0.2, -0.15) is 4.57 Å². The average Bonchev–Trinajstić information content (AvgIpc) is 2.17. The first-order chi connectivity index (χ1) is 5.04. The van der Waals surface area contributed by atoms with Crippen LogP contribution in [0.3, 0.4) is 0 Å². The molecule has 1 heterocycles. The summed E-state index contributed by atoms with van der Waals surface area (Å²) in [5.41, 5.74) is 0. The van der Waals surface area contributed by atoms with Crippen molar-refractivity contribution in [3.8, 4) is 0 Å². The second kappa shape index (κ2) is 3.83. The minimum Gasteiger partial charge on any atom is -1.00 e. The fourth-order valence-electron chi connectivity index (χ4n) is 0.925. The lowest BCUT2D eigenvalue weighted by Gasteiger charge is -1.91. The van der Waals surface area contributed by atoms with Crippen LogP contribution in [0.15, 0.2) is 6.20 Å². The molecular weight excluding hydrogens is 273 g/mol. The lowest BCUT2D eigenvalue weighted by Crippen LogP contribution is -3.00. The highest BCUT2D eigenvalue weighted by atomic mass is 127. The second-order valence-electron chi connectivity index (χ2n) is 2.46. The molecule has 5 nitrogen and oxygen atoms in total. The molecule has 68 valence electrons. The van der Waals surface area contributed by atoms with E-state index in [0.29, 0.717) is 0 Å². The van der Waals surface area contributed by atoms with E-state index in [2.05, 4.69) is 0 Å². The molecule has 0 atom stereocenters. The predicted octanol–water partition coefficient (Wildman–Crippen LogP) is -2.93. The number of aryl methyl sites for hydroxylation is 1. The van der Waals surface area contributed by atoms with E-state index in [1.54, 1.807) is 23.2 Å². The van der Waals surface area contributed by atoms with Crippen molar-refractivity contribution in [2.24, 2.45) is 14.1 Å². The number of aromatic nitrogens is 2. The fourth-order valence-corrected chi connectivity index (χ4v) is 0.925. The van der Waals surface area contributed by atoms with Crippen molar-refractivity contribution < 1.29 is 33.5 Å². The summed E-state index contributed by atoms with van der Waals surface area (Å²) in [6, 6.07) is 0. The highest BCUT2D eigenvalue weighted by molar-refractivity contribution is 5.12. The molecule has 1 aromatic heterocycles. The monoisotopic (exact) mass is 283 g/mol. The Kier molecular flexibility index (Phi) is 3.62. The summed E-state index contributed by atoms with van der Waals surface area (Å²) in [5.74, 6) is 0.974. The van der Waals surface area contributed by atoms with Gasteiger partial charge in [0.05, 0.1) is 14.1 Å². The van der Waals surface area contributed by atoms with Gasteiger partial charge in [-0.25, -0.2) is 4.57 Å². The first-order valence-electron chi connectivity index (χ1n) is 3.20. The Morgan fingerprint density at radius 2 is 2.17 bits per heavy atom. The van der Waals surface area contributed by atoms with Gasteiger partial charge >= 0.3 is 5.82 Å². The summed E-state index contributed by atoms with van der Waals surface area (Å²) in [6.07, 6.45) is 1.50. The fraction of sp³-hybridized carbons (Fsp3) is 0.500. The molecule has 0 aliphatic heterocycles. The molecule has 0 aromatic carbocycles. The molecular formula is C6H10IN3O2. The van der Waals surface area contributed by atoms with Gasteiger partial charge in [0, 0.05) is 6.92 Å². The highest BCUT2D eigenvalue weighted by Gasteiger charge is 2.17. The number of rotatable bonds is 1. The van der Waals surface area contributed by atoms with Crippen molar-refractivity contribution in [3.63, 3.8) is 0 Å². The standard InChI is InChI=1S/C6H10N3O2.HI/c1-5-7(2)4-6(8(5)3)9(10)11;/h4H,1-3H3;1H/q+1;/p-1. The first kappa shape index (κ1) is 11.3. The number of halogens is 1. The topological polar surface area (TPSA) is 51.9 Å². The minimum absolute atomic E-state index is 0. The van der Waals surface area contributed by atoms with Crippen LogP contribution in [0.25, 0.3) is 0 Å². The molecule has 0 saturated carbocycles. The number of nitro groups is 1. The Bertz CT molecular complexity index is 308. The highest BCUT2D eigenvalue weighted by Crippen LogP contribution is 2.07. The van der Waals surface area contributed by atoms with Crippen LogP contribution in [-0.4, -0.2) is 9.49 Å². The van der Waals surface area contributed by atoms with E-state index >= 15 is 0 Å². The zero-order valence-electron chi connectivity index (χ0n) is 7.11. The minimum atomic E-state index is -0.396. The van der Waals surface area contributed by atoms with Crippen LogP contribution in [0.5, 0.6) is 0 Å². The zero-order chi connectivity index (χ0) is 8.59. The number of hydrogen-bond donors (Lipinski definition) is 0. The molecule has 12 heavy (non-hydrogen) atoms. The smallest absolute Gasteiger partial charge is 0.365 e. The van der Waals surface area contributed by atoms with Crippen molar-refractivity contribution in [2.45, 2.75) is 6.92 Å². The van der Waals surface area contributed by atoms with E-state index < -0.39 is 4.92 Å². The van der Waals surface area contributed by atoms with E-state index in [-0.39, 0.29) is 29.8 Å². The average molecular weight is 283 g/mol. The van der Waals surface area contributed by atoms with E-state index in [1.807, 2.05) is 6.92 Å². The molecule has 0 spiro atoms. The van der Waals surface area contributed by atoms with Gasteiger partial charge in [0.25, 0.3) is 5.82 Å². The SMILES string of the molecule is Cc1n(C)c([N+](=O)[O-])c[n+]1C.[I-]. The summed E-state index contributed by atoms with van der Waals surface area (Å²) in [6.45, 7) is 1.83. The lowest BCUT2D eigenvalue weighted by molar-refractivity contribution is -0.678. The van der Waals surface area contributed by atoms with E-state index in [1.165, 1.54) is 6.20 Å².